The lowest BCUT2D eigenvalue weighted by Gasteiger charge is -2.33. The molecular formula is C7H16N2O. The van der Waals surface area contributed by atoms with Crippen LogP contribution in [0.25, 0.3) is 0 Å². The van der Waals surface area contributed by atoms with Crippen molar-refractivity contribution in [3.8, 4) is 0 Å². The maximum absolute atomic E-state index is 8.67. The van der Waals surface area contributed by atoms with E-state index in [-0.39, 0.29) is 6.61 Å². The Morgan fingerprint density at radius 3 is 3.10 bits per heavy atom. The lowest BCUT2D eigenvalue weighted by atomic mass is 10.2. The predicted octanol–water partition coefficient (Wildman–Crippen LogP) is -0.728. The molecule has 0 spiro atoms. The van der Waals surface area contributed by atoms with E-state index in [9.17, 15) is 0 Å². The van der Waals surface area contributed by atoms with Gasteiger partial charge in [0.1, 0.15) is 0 Å². The van der Waals surface area contributed by atoms with Crippen molar-refractivity contribution in [2.75, 3.05) is 32.8 Å². The Kier molecular flexibility index (Phi) is 3.12. The molecule has 10 heavy (non-hydrogen) atoms. The number of rotatable bonds is 2. The molecule has 2 N–H and O–H groups in total. The number of aliphatic hydroxyl groups is 1. The molecule has 3 heteroatoms. The monoisotopic (exact) mass is 144 g/mol. The van der Waals surface area contributed by atoms with Gasteiger partial charge in [0.15, 0.2) is 0 Å². The van der Waals surface area contributed by atoms with Gasteiger partial charge in [-0.25, -0.2) is 0 Å². The van der Waals surface area contributed by atoms with Crippen LogP contribution in [0.15, 0.2) is 0 Å². The van der Waals surface area contributed by atoms with Gasteiger partial charge in [-0.2, -0.15) is 0 Å². The van der Waals surface area contributed by atoms with E-state index in [1.165, 1.54) is 0 Å². The Balaban J connectivity index is 2.25. The highest BCUT2D eigenvalue weighted by Crippen LogP contribution is 1.99. The van der Waals surface area contributed by atoms with Gasteiger partial charge in [-0.1, -0.05) is 0 Å². The molecule has 1 aliphatic heterocycles. The van der Waals surface area contributed by atoms with Gasteiger partial charge in [-0.15, -0.1) is 0 Å². The molecular weight excluding hydrogens is 128 g/mol. The van der Waals surface area contributed by atoms with Gasteiger partial charge in [0.05, 0.1) is 6.61 Å². The molecule has 0 amide bonds. The summed E-state index contributed by atoms with van der Waals surface area (Å²) < 4.78 is 0. The second kappa shape index (κ2) is 3.91. The first-order chi connectivity index (χ1) is 4.84. The molecule has 1 fully saturated rings. The fraction of sp³-hybridized carbons (Fsp3) is 1.00. The minimum absolute atomic E-state index is 0.282. The zero-order valence-electron chi connectivity index (χ0n) is 6.51. The van der Waals surface area contributed by atoms with Crippen molar-refractivity contribution in [1.82, 2.24) is 10.2 Å². The van der Waals surface area contributed by atoms with E-state index >= 15 is 0 Å². The van der Waals surface area contributed by atoms with Crippen LogP contribution < -0.4 is 5.32 Å². The van der Waals surface area contributed by atoms with Crippen LogP contribution >= 0.6 is 0 Å². The van der Waals surface area contributed by atoms with E-state index in [1.54, 1.807) is 0 Å². The Morgan fingerprint density at radius 2 is 2.50 bits per heavy atom. The van der Waals surface area contributed by atoms with Crippen LogP contribution in [0.3, 0.4) is 0 Å². The third kappa shape index (κ3) is 1.94. The summed E-state index contributed by atoms with van der Waals surface area (Å²) in [6, 6.07) is 0.584. The molecule has 0 aromatic heterocycles. The number of nitrogens with zero attached hydrogens (tertiary/aromatic N) is 1. The van der Waals surface area contributed by atoms with Crippen LogP contribution in [0, 0.1) is 0 Å². The molecule has 0 aliphatic carbocycles. The molecule has 1 atom stereocenters. The standard InChI is InChI=1S/C7H16N2O/c1-7-6-8-2-3-9(7)4-5-10/h7-8,10H,2-6H2,1H3. The van der Waals surface area contributed by atoms with Crippen molar-refractivity contribution in [3.05, 3.63) is 0 Å². The molecule has 3 nitrogen and oxygen atoms in total. The highest BCUT2D eigenvalue weighted by atomic mass is 16.3. The third-order valence-corrected chi connectivity index (χ3v) is 2.03. The summed E-state index contributed by atoms with van der Waals surface area (Å²) in [5, 5.41) is 12.0. The SMILES string of the molecule is CC1CNCCN1CCO. The highest BCUT2D eigenvalue weighted by molar-refractivity contribution is 4.75. The molecule has 1 aliphatic rings. The number of β-amino-alcohol motifs (C(OH)–C–C–N with tert-alkyl or cyclic N) is 1. The first-order valence-corrected chi connectivity index (χ1v) is 3.90. The molecule has 1 rings (SSSR count). The summed E-state index contributed by atoms with van der Waals surface area (Å²) in [4.78, 5) is 2.30. The Labute approximate surface area is 62.0 Å². The van der Waals surface area contributed by atoms with Crippen LogP contribution in [0.4, 0.5) is 0 Å². The number of hydrogen-bond donors (Lipinski definition) is 2. The molecule has 60 valence electrons. The first kappa shape index (κ1) is 7.98. The minimum atomic E-state index is 0.282. The topological polar surface area (TPSA) is 35.5 Å². The number of piperazine rings is 1. The average Bonchev–Trinajstić information content (AvgIpc) is 1.94. The third-order valence-electron chi connectivity index (χ3n) is 2.03. The fourth-order valence-electron chi connectivity index (χ4n) is 1.34. The number of nitrogens with one attached hydrogen (secondary N) is 1. The molecule has 1 heterocycles. The normalized spacial score (nSPS) is 28.8. The van der Waals surface area contributed by atoms with Crippen LogP contribution in [0.5, 0.6) is 0 Å². The number of hydrogen-bond acceptors (Lipinski definition) is 3. The predicted molar refractivity (Wildman–Crippen MR) is 41.0 cm³/mol. The van der Waals surface area contributed by atoms with Gasteiger partial charge in [0.2, 0.25) is 0 Å². The fourth-order valence-corrected chi connectivity index (χ4v) is 1.34. The van der Waals surface area contributed by atoms with E-state index in [0.717, 1.165) is 26.2 Å². The van der Waals surface area contributed by atoms with Gasteiger partial charge in [-0.05, 0) is 6.92 Å². The molecule has 0 saturated carbocycles. The maximum atomic E-state index is 8.67. The highest BCUT2D eigenvalue weighted by Gasteiger charge is 2.15. The molecule has 0 radical (unpaired) electrons. The summed E-state index contributed by atoms with van der Waals surface area (Å²) in [5.41, 5.74) is 0. The van der Waals surface area contributed by atoms with E-state index in [0.29, 0.717) is 6.04 Å². The van der Waals surface area contributed by atoms with E-state index in [4.69, 9.17) is 5.11 Å². The van der Waals surface area contributed by atoms with Crippen molar-refractivity contribution in [3.63, 3.8) is 0 Å². The van der Waals surface area contributed by atoms with Crippen molar-refractivity contribution in [2.45, 2.75) is 13.0 Å². The van der Waals surface area contributed by atoms with Crippen molar-refractivity contribution < 1.29 is 5.11 Å². The van der Waals surface area contributed by atoms with Crippen molar-refractivity contribution in [2.24, 2.45) is 0 Å². The Hall–Kier alpha value is -0.120. The van der Waals surface area contributed by atoms with E-state index in [1.807, 2.05) is 0 Å². The smallest absolute Gasteiger partial charge is 0.0558 e. The lowest BCUT2D eigenvalue weighted by molar-refractivity contribution is 0.136. The molecule has 1 unspecified atom stereocenters. The molecule has 0 aromatic carbocycles. The van der Waals surface area contributed by atoms with Gasteiger partial charge in [-0.3, -0.25) is 4.90 Å². The van der Waals surface area contributed by atoms with Crippen LogP contribution in [0.2, 0.25) is 0 Å². The van der Waals surface area contributed by atoms with E-state index < -0.39 is 0 Å². The van der Waals surface area contributed by atoms with Gasteiger partial charge < -0.3 is 10.4 Å². The van der Waals surface area contributed by atoms with Crippen LogP contribution in [-0.2, 0) is 0 Å². The van der Waals surface area contributed by atoms with Crippen molar-refractivity contribution in [1.29, 1.82) is 0 Å². The summed E-state index contributed by atoms with van der Waals surface area (Å²) in [6.07, 6.45) is 0. The average molecular weight is 144 g/mol. The minimum Gasteiger partial charge on any atom is -0.395 e. The van der Waals surface area contributed by atoms with Crippen LogP contribution in [-0.4, -0.2) is 48.8 Å². The Morgan fingerprint density at radius 1 is 1.70 bits per heavy atom. The zero-order valence-corrected chi connectivity index (χ0v) is 6.51. The molecule has 0 aromatic rings. The maximum Gasteiger partial charge on any atom is 0.0558 e. The second-order valence-corrected chi connectivity index (χ2v) is 2.81. The molecule has 0 bridgehead atoms. The summed E-state index contributed by atoms with van der Waals surface area (Å²) in [6.45, 7) is 6.47. The van der Waals surface area contributed by atoms with Crippen molar-refractivity contribution >= 4 is 0 Å². The quantitative estimate of drug-likeness (QED) is 0.536. The van der Waals surface area contributed by atoms with Gasteiger partial charge >= 0.3 is 0 Å². The summed E-state index contributed by atoms with van der Waals surface area (Å²) in [5.74, 6) is 0. The Bertz CT molecular complexity index is 95.6. The summed E-state index contributed by atoms with van der Waals surface area (Å²) >= 11 is 0. The van der Waals surface area contributed by atoms with Gasteiger partial charge in [0.25, 0.3) is 0 Å². The summed E-state index contributed by atoms with van der Waals surface area (Å²) in [7, 11) is 0. The first-order valence-electron chi connectivity index (χ1n) is 3.90. The number of aliphatic hydroxyl groups excluding tert-OH is 1. The lowest BCUT2D eigenvalue weighted by Crippen LogP contribution is -2.50. The van der Waals surface area contributed by atoms with Gasteiger partial charge in [0, 0.05) is 32.2 Å². The zero-order chi connectivity index (χ0) is 7.40. The van der Waals surface area contributed by atoms with E-state index in [2.05, 4.69) is 17.1 Å². The largest absolute Gasteiger partial charge is 0.395 e. The van der Waals surface area contributed by atoms with Crippen LogP contribution in [0.1, 0.15) is 6.92 Å². The second-order valence-electron chi connectivity index (χ2n) is 2.81. The molecule has 1 saturated heterocycles.